The summed E-state index contributed by atoms with van der Waals surface area (Å²) in [7, 11) is 0. The maximum absolute atomic E-state index is 8.41. The van der Waals surface area contributed by atoms with Crippen LogP contribution in [0, 0.1) is 11.3 Å². The molecule has 1 N–H and O–H groups in total. The number of aryl methyl sites for hydroxylation is 1. The van der Waals surface area contributed by atoms with E-state index in [1.807, 2.05) is 11.8 Å². The van der Waals surface area contributed by atoms with Crippen LogP contribution in [0.4, 0.5) is 0 Å². The molecule has 2 rings (SSSR count). The second-order valence-electron chi connectivity index (χ2n) is 3.98. The number of rotatable bonds is 4. The van der Waals surface area contributed by atoms with Crippen LogP contribution >= 0.6 is 11.8 Å². The van der Waals surface area contributed by atoms with E-state index in [9.17, 15) is 0 Å². The van der Waals surface area contributed by atoms with Crippen molar-refractivity contribution >= 4 is 11.8 Å². The van der Waals surface area contributed by atoms with Gasteiger partial charge in [0.1, 0.15) is 0 Å². The third-order valence-corrected chi connectivity index (χ3v) is 3.97. The molecule has 0 saturated carbocycles. The maximum Gasteiger partial charge on any atom is 0.0841 e. The second kappa shape index (κ2) is 5.93. The van der Waals surface area contributed by atoms with Crippen molar-refractivity contribution in [3.8, 4) is 6.07 Å². The molecule has 0 spiro atoms. The molecule has 0 radical (unpaired) electrons. The Hall–Kier alpha value is -0.980. The Morgan fingerprint density at radius 1 is 1.44 bits per heavy atom. The number of nitrogens with zero attached hydrogens (tertiary/aromatic N) is 1. The third kappa shape index (κ3) is 3.01. The van der Waals surface area contributed by atoms with Crippen LogP contribution in [0.5, 0.6) is 0 Å². The summed E-state index contributed by atoms with van der Waals surface area (Å²) in [6, 6.07) is 8.88. The summed E-state index contributed by atoms with van der Waals surface area (Å²) in [5.74, 6) is 1.26. The molecule has 0 aliphatic carbocycles. The monoisotopic (exact) mass is 232 g/mol. The second-order valence-corrected chi connectivity index (χ2v) is 5.12. The molecule has 0 bridgehead atoms. The zero-order chi connectivity index (χ0) is 11.2. The van der Waals surface area contributed by atoms with Crippen molar-refractivity contribution in [2.45, 2.75) is 24.2 Å². The SMILES string of the molecule is N#CCNCCc1ccc2c(c1)CCCS2. The summed E-state index contributed by atoms with van der Waals surface area (Å²) in [4.78, 5) is 1.46. The summed E-state index contributed by atoms with van der Waals surface area (Å²) in [6.07, 6.45) is 3.54. The number of hydrogen-bond donors (Lipinski definition) is 1. The highest BCUT2D eigenvalue weighted by Crippen LogP contribution is 2.30. The number of thioether (sulfide) groups is 1. The van der Waals surface area contributed by atoms with Crippen LogP contribution < -0.4 is 5.32 Å². The van der Waals surface area contributed by atoms with Crippen LogP contribution in [0.1, 0.15) is 17.5 Å². The fourth-order valence-electron chi connectivity index (χ4n) is 1.95. The molecule has 1 aromatic carbocycles. The minimum atomic E-state index is 0.445. The number of nitrogens with one attached hydrogen (secondary N) is 1. The van der Waals surface area contributed by atoms with Crippen LogP contribution in [0.15, 0.2) is 23.1 Å². The first-order valence-corrected chi connectivity index (χ1v) is 6.71. The summed E-state index contributed by atoms with van der Waals surface area (Å²) < 4.78 is 0. The fourth-order valence-corrected chi connectivity index (χ4v) is 2.97. The molecule has 1 aromatic rings. The van der Waals surface area contributed by atoms with Crippen molar-refractivity contribution in [1.29, 1.82) is 5.26 Å². The largest absolute Gasteiger partial charge is 0.304 e. The first-order chi connectivity index (χ1) is 7.90. The Kier molecular flexibility index (Phi) is 4.26. The van der Waals surface area contributed by atoms with Gasteiger partial charge in [0.25, 0.3) is 0 Å². The van der Waals surface area contributed by atoms with Crippen molar-refractivity contribution in [3.05, 3.63) is 29.3 Å². The van der Waals surface area contributed by atoms with Crippen molar-refractivity contribution in [3.63, 3.8) is 0 Å². The third-order valence-electron chi connectivity index (χ3n) is 2.77. The van der Waals surface area contributed by atoms with Crippen LogP contribution in [-0.4, -0.2) is 18.8 Å². The Balaban J connectivity index is 1.93. The van der Waals surface area contributed by atoms with Gasteiger partial charge in [-0.05, 0) is 42.2 Å². The molecule has 1 aliphatic heterocycles. The summed E-state index contributed by atoms with van der Waals surface area (Å²) in [5, 5.41) is 11.5. The van der Waals surface area contributed by atoms with Crippen LogP contribution in [0.2, 0.25) is 0 Å². The molecule has 0 fully saturated rings. The molecule has 16 heavy (non-hydrogen) atoms. The molecule has 0 atom stereocenters. The minimum absolute atomic E-state index is 0.445. The highest BCUT2D eigenvalue weighted by atomic mass is 32.2. The van der Waals surface area contributed by atoms with Gasteiger partial charge in [0.2, 0.25) is 0 Å². The van der Waals surface area contributed by atoms with Gasteiger partial charge in [-0.3, -0.25) is 0 Å². The molecule has 3 heteroatoms. The predicted octanol–water partition coefficient (Wildman–Crippen LogP) is 2.38. The van der Waals surface area contributed by atoms with Crippen LogP contribution in [0.3, 0.4) is 0 Å². The molecule has 0 aromatic heterocycles. The number of nitriles is 1. The highest BCUT2D eigenvalue weighted by Gasteiger charge is 2.09. The van der Waals surface area contributed by atoms with E-state index in [1.54, 1.807) is 0 Å². The van der Waals surface area contributed by atoms with E-state index in [2.05, 4.69) is 29.6 Å². The average Bonchev–Trinajstić information content (AvgIpc) is 2.34. The molecule has 1 aliphatic rings. The molecule has 0 unspecified atom stereocenters. The van der Waals surface area contributed by atoms with Gasteiger partial charge in [-0.2, -0.15) is 5.26 Å². The van der Waals surface area contributed by atoms with Gasteiger partial charge >= 0.3 is 0 Å². The van der Waals surface area contributed by atoms with E-state index in [-0.39, 0.29) is 0 Å². The zero-order valence-corrected chi connectivity index (χ0v) is 10.1. The Morgan fingerprint density at radius 2 is 2.38 bits per heavy atom. The Bertz CT molecular complexity index is 395. The van der Waals surface area contributed by atoms with Gasteiger partial charge in [-0.1, -0.05) is 12.1 Å². The topological polar surface area (TPSA) is 35.8 Å². The van der Waals surface area contributed by atoms with Crippen molar-refractivity contribution < 1.29 is 0 Å². The molecule has 0 amide bonds. The number of fused-ring (bicyclic) bond motifs is 1. The summed E-state index contributed by atoms with van der Waals surface area (Å²) in [6.45, 7) is 1.33. The molecule has 2 nitrogen and oxygen atoms in total. The minimum Gasteiger partial charge on any atom is -0.304 e. The normalized spacial score (nSPS) is 14.2. The lowest BCUT2D eigenvalue weighted by Crippen LogP contribution is -2.17. The van der Waals surface area contributed by atoms with Crippen LogP contribution in [0.25, 0.3) is 0 Å². The van der Waals surface area contributed by atoms with Gasteiger partial charge in [0.15, 0.2) is 0 Å². The van der Waals surface area contributed by atoms with E-state index >= 15 is 0 Å². The van der Waals surface area contributed by atoms with E-state index < -0.39 is 0 Å². The standard InChI is InChI=1S/C13H16N2S/c14-6-8-15-7-5-11-3-4-13-12(10-11)2-1-9-16-13/h3-4,10,15H,1-2,5,7-9H2. The fraction of sp³-hybridized carbons (Fsp3) is 0.462. The smallest absolute Gasteiger partial charge is 0.0841 e. The lowest BCUT2D eigenvalue weighted by atomic mass is 10.0. The lowest BCUT2D eigenvalue weighted by molar-refractivity contribution is 0.747. The van der Waals surface area contributed by atoms with Gasteiger partial charge in [0.05, 0.1) is 12.6 Å². The highest BCUT2D eigenvalue weighted by molar-refractivity contribution is 7.99. The maximum atomic E-state index is 8.41. The van der Waals surface area contributed by atoms with Gasteiger partial charge in [-0.25, -0.2) is 0 Å². The van der Waals surface area contributed by atoms with E-state index in [1.165, 1.54) is 34.6 Å². The lowest BCUT2D eigenvalue weighted by Gasteiger charge is -2.16. The summed E-state index contributed by atoms with van der Waals surface area (Å²) >= 11 is 1.97. The average molecular weight is 232 g/mol. The quantitative estimate of drug-likeness (QED) is 0.639. The van der Waals surface area contributed by atoms with Crippen molar-refractivity contribution in [1.82, 2.24) is 5.32 Å². The van der Waals surface area contributed by atoms with Gasteiger partial charge in [-0.15, -0.1) is 11.8 Å². The Labute approximate surface area is 101 Å². The van der Waals surface area contributed by atoms with E-state index in [4.69, 9.17) is 5.26 Å². The van der Waals surface area contributed by atoms with Gasteiger partial charge < -0.3 is 5.32 Å². The van der Waals surface area contributed by atoms with Gasteiger partial charge in [0, 0.05) is 11.4 Å². The zero-order valence-electron chi connectivity index (χ0n) is 9.33. The van der Waals surface area contributed by atoms with E-state index in [0.29, 0.717) is 6.54 Å². The number of benzene rings is 1. The first kappa shape index (κ1) is 11.5. The molecule has 84 valence electrons. The van der Waals surface area contributed by atoms with Crippen molar-refractivity contribution in [2.75, 3.05) is 18.8 Å². The molecular weight excluding hydrogens is 216 g/mol. The molecular formula is C13H16N2S. The Morgan fingerprint density at radius 3 is 3.25 bits per heavy atom. The summed E-state index contributed by atoms with van der Waals surface area (Å²) in [5.41, 5.74) is 2.89. The number of hydrogen-bond acceptors (Lipinski definition) is 3. The first-order valence-electron chi connectivity index (χ1n) is 5.72. The molecule has 1 heterocycles. The predicted molar refractivity (Wildman–Crippen MR) is 67.7 cm³/mol. The van der Waals surface area contributed by atoms with Crippen molar-refractivity contribution in [2.24, 2.45) is 0 Å². The van der Waals surface area contributed by atoms with E-state index in [0.717, 1.165) is 13.0 Å². The van der Waals surface area contributed by atoms with Crippen LogP contribution in [-0.2, 0) is 12.8 Å². The molecule has 0 saturated heterocycles.